The summed E-state index contributed by atoms with van der Waals surface area (Å²) in [6.45, 7) is 0. The van der Waals surface area contributed by atoms with Crippen LogP contribution in [0.4, 0.5) is 5.82 Å². The van der Waals surface area contributed by atoms with Gasteiger partial charge in [0, 0.05) is 22.0 Å². The molecule has 0 aliphatic heterocycles. The van der Waals surface area contributed by atoms with Crippen molar-refractivity contribution in [2.75, 3.05) is 5.73 Å². The molecule has 3 heterocycles. The maximum absolute atomic E-state index is 6.51. The number of nitrogen functional groups attached to an aromatic ring is 1. The second-order valence-electron chi connectivity index (χ2n) is 7.31. The van der Waals surface area contributed by atoms with Crippen LogP contribution < -0.4 is 5.73 Å². The fourth-order valence-electron chi connectivity index (χ4n) is 3.75. The molecule has 0 unspecified atom stereocenters. The number of nitrogens with zero attached hydrogens (tertiary/aromatic N) is 4. The molecule has 6 nitrogen and oxygen atoms in total. The number of nitrogens with two attached hydrogens (primary N) is 1. The predicted octanol–water partition coefficient (Wildman–Crippen LogP) is 4.91. The van der Waals surface area contributed by atoms with E-state index in [2.05, 4.69) is 54.8 Å². The van der Waals surface area contributed by atoms with Gasteiger partial charge in [0.05, 0.1) is 28.4 Å². The maximum Gasteiger partial charge on any atom is 0.151 e. The lowest BCUT2D eigenvalue weighted by Gasteiger charge is -2.07. The van der Waals surface area contributed by atoms with Crippen molar-refractivity contribution >= 4 is 43.7 Å². The van der Waals surface area contributed by atoms with Crippen LogP contribution in [0.3, 0.4) is 0 Å². The van der Waals surface area contributed by atoms with Gasteiger partial charge in [-0.3, -0.25) is 0 Å². The molecule has 5 aromatic rings. The molecule has 0 amide bonds. The summed E-state index contributed by atoms with van der Waals surface area (Å²) in [7, 11) is 0. The van der Waals surface area contributed by atoms with Gasteiger partial charge in [-0.15, -0.1) is 0 Å². The van der Waals surface area contributed by atoms with Gasteiger partial charge in [-0.25, -0.2) is 9.67 Å². The van der Waals surface area contributed by atoms with Crippen LogP contribution in [0.15, 0.2) is 59.3 Å². The average Bonchev–Trinajstić information content (AvgIpc) is 3.16. The number of hydrogen-bond donors (Lipinski definition) is 2. The Balaban J connectivity index is 1.46. The summed E-state index contributed by atoms with van der Waals surface area (Å²) in [6, 6.07) is 14.4. The molecule has 28 heavy (non-hydrogen) atoms. The molecule has 1 aliphatic rings. The zero-order chi connectivity index (χ0) is 18.8. The van der Waals surface area contributed by atoms with E-state index in [0.717, 1.165) is 43.6 Å². The Labute approximate surface area is 169 Å². The average molecular weight is 433 g/mol. The van der Waals surface area contributed by atoms with E-state index in [1.54, 1.807) is 4.68 Å². The molecule has 3 N–H and O–H groups in total. The third-order valence-corrected chi connectivity index (χ3v) is 5.89. The highest BCUT2D eigenvalue weighted by molar-refractivity contribution is 9.10. The van der Waals surface area contributed by atoms with Crippen LogP contribution in [0.1, 0.15) is 24.6 Å². The number of H-pyrrole nitrogens is 1. The molecular formula is C21H17BrN6. The molecule has 2 aromatic carbocycles. The fourth-order valence-corrected chi connectivity index (χ4v) is 4.10. The summed E-state index contributed by atoms with van der Waals surface area (Å²) in [6.07, 6.45) is 6.28. The van der Waals surface area contributed by atoms with Crippen molar-refractivity contribution in [3.05, 3.63) is 65.2 Å². The van der Waals surface area contributed by atoms with Gasteiger partial charge in [0.2, 0.25) is 0 Å². The summed E-state index contributed by atoms with van der Waals surface area (Å²) in [5, 5.41) is 5.71. The third kappa shape index (κ3) is 2.39. The second-order valence-corrected chi connectivity index (χ2v) is 8.23. The van der Waals surface area contributed by atoms with E-state index in [4.69, 9.17) is 10.7 Å². The molecule has 0 bridgehead atoms. The van der Waals surface area contributed by atoms with Crippen LogP contribution in [0.25, 0.3) is 33.3 Å². The van der Waals surface area contributed by atoms with Gasteiger partial charge in [0.1, 0.15) is 11.5 Å². The van der Waals surface area contributed by atoms with Crippen molar-refractivity contribution in [3.63, 3.8) is 0 Å². The zero-order valence-corrected chi connectivity index (χ0v) is 16.5. The quantitative estimate of drug-likeness (QED) is 0.424. The molecular weight excluding hydrogens is 416 g/mol. The molecule has 0 spiro atoms. The van der Waals surface area contributed by atoms with Gasteiger partial charge >= 0.3 is 0 Å². The van der Waals surface area contributed by atoms with E-state index in [1.165, 1.54) is 12.8 Å². The SMILES string of the molecule is Nc1c(-n2ccc3ccc(Br)cc32)cnn1-c1ccc2nc(C3CC3)[nH]c2c1. The number of imidazole rings is 1. The Morgan fingerprint density at radius 2 is 2.00 bits per heavy atom. The van der Waals surface area contributed by atoms with E-state index >= 15 is 0 Å². The van der Waals surface area contributed by atoms with Gasteiger partial charge in [-0.1, -0.05) is 22.0 Å². The number of fused-ring (bicyclic) bond motifs is 2. The van der Waals surface area contributed by atoms with E-state index in [-0.39, 0.29) is 0 Å². The van der Waals surface area contributed by atoms with E-state index < -0.39 is 0 Å². The fraction of sp³-hybridized carbons (Fsp3) is 0.143. The molecule has 7 heteroatoms. The van der Waals surface area contributed by atoms with Crippen molar-refractivity contribution in [1.29, 1.82) is 0 Å². The first kappa shape index (κ1) is 15.9. The van der Waals surface area contributed by atoms with Crippen molar-refractivity contribution in [3.8, 4) is 11.4 Å². The van der Waals surface area contributed by atoms with Crippen molar-refractivity contribution < 1.29 is 0 Å². The minimum absolute atomic E-state index is 0.596. The Kier molecular flexibility index (Phi) is 3.26. The molecule has 1 saturated carbocycles. The van der Waals surface area contributed by atoms with Crippen molar-refractivity contribution in [1.82, 2.24) is 24.3 Å². The minimum Gasteiger partial charge on any atom is -0.382 e. The third-order valence-electron chi connectivity index (χ3n) is 5.39. The van der Waals surface area contributed by atoms with Crippen LogP contribution in [0.5, 0.6) is 0 Å². The Hall–Kier alpha value is -3.06. The Morgan fingerprint density at radius 1 is 1.11 bits per heavy atom. The van der Waals surface area contributed by atoms with Crippen LogP contribution in [0, 0.1) is 0 Å². The number of rotatable bonds is 3. The number of halogens is 1. The monoisotopic (exact) mass is 432 g/mol. The Bertz CT molecular complexity index is 1350. The number of aromatic nitrogens is 5. The number of hydrogen-bond acceptors (Lipinski definition) is 3. The molecule has 0 radical (unpaired) electrons. The first-order valence-electron chi connectivity index (χ1n) is 9.28. The van der Waals surface area contributed by atoms with E-state index in [9.17, 15) is 0 Å². The minimum atomic E-state index is 0.596. The molecule has 138 valence electrons. The van der Waals surface area contributed by atoms with Crippen LogP contribution in [0.2, 0.25) is 0 Å². The standard InChI is InChI=1S/C21H17BrN6/c22-14-4-3-12-7-8-27(18(12)9-14)19-11-24-28(20(19)23)15-5-6-16-17(10-15)26-21(25-16)13-1-2-13/h3-11,13H,1-2,23H2,(H,25,26). The van der Waals surface area contributed by atoms with Crippen LogP contribution >= 0.6 is 15.9 Å². The summed E-state index contributed by atoms with van der Waals surface area (Å²) in [5.41, 5.74) is 11.4. The smallest absolute Gasteiger partial charge is 0.151 e. The normalized spacial score (nSPS) is 14.3. The molecule has 0 atom stereocenters. The number of nitrogens with one attached hydrogen (secondary N) is 1. The second kappa shape index (κ2) is 5.72. The lowest BCUT2D eigenvalue weighted by atomic mass is 10.2. The topological polar surface area (TPSA) is 77.5 Å². The number of benzene rings is 2. The lowest BCUT2D eigenvalue weighted by molar-refractivity contribution is 0.892. The predicted molar refractivity (Wildman–Crippen MR) is 114 cm³/mol. The summed E-state index contributed by atoms with van der Waals surface area (Å²) in [4.78, 5) is 8.14. The van der Waals surface area contributed by atoms with Gasteiger partial charge in [0.15, 0.2) is 5.82 Å². The maximum atomic E-state index is 6.51. The summed E-state index contributed by atoms with van der Waals surface area (Å²) >= 11 is 3.55. The van der Waals surface area contributed by atoms with E-state index in [1.807, 2.05) is 30.6 Å². The highest BCUT2D eigenvalue weighted by Gasteiger charge is 2.26. The van der Waals surface area contributed by atoms with Gasteiger partial charge in [-0.05, 0) is 49.2 Å². The van der Waals surface area contributed by atoms with Gasteiger partial charge in [0.25, 0.3) is 0 Å². The molecule has 1 aliphatic carbocycles. The van der Waals surface area contributed by atoms with Crippen molar-refractivity contribution in [2.24, 2.45) is 0 Å². The molecule has 1 fully saturated rings. The van der Waals surface area contributed by atoms with Crippen molar-refractivity contribution in [2.45, 2.75) is 18.8 Å². The number of aromatic amines is 1. The molecule has 3 aromatic heterocycles. The van der Waals surface area contributed by atoms with E-state index in [0.29, 0.717) is 11.7 Å². The first-order valence-corrected chi connectivity index (χ1v) is 10.1. The highest BCUT2D eigenvalue weighted by Crippen LogP contribution is 2.39. The lowest BCUT2D eigenvalue weighted by Crippen LogP contribution is -2.04. The van der Waals surface area contributed by atoms with Gasteiger partial charge in [-0.2, -0.15) is 5.10 Å². The molecule has 0 saturated heterocycles. The van der Waals surface area contributed by atoms with Gasteiger partial charge < -0.3 is 15.3 Å². The first-order chi connectivity index (χ1) is 13.7. The summed E-state index contributed by atoms with van der Waals surface area (Å²) < 4.78 is 4.87. The molecule has 6 rings (SSSR count). The summed E-state index contributed by atoms with van der Waals surface area (Å²) in [5.74, 6) is 2.28. The largest absolute Gasteiger partial charge is 0.382 e. The van der Waals surface area contributed by atoms with Crippen LogP contribution in [-0.4, -0.2) is 24.3 Å². The Morgan fingerprint density at radius 3 is 2.86 bits per heavy atom. The number of anilines is 1. The zero-order valence-electron chi connectivity index (χ0n) is 14.9. The van der Waals surface area contributed by atoms with Crippen LogP contribution in [-0.2, 0) is 0 Å². The highest BCUT2D eigenvalue weighted by atomic mass is 79.9.